The number of amides is 1. The number of hydrogen-bond donors (Lipinski definition) is 3. The third-order valence-corrected chi connectivity index (χ3v) is 3.39. The van der Waals surface area contributed by atoms with E-state index in [0.29, 0.717) is 17.5 Å². The summed E-state index contributed by atoms with van der Waals surface area (Å²) in [5.74, 6) is -1.17. The Balaban J connectivity index is 2.78. The minimum atomic E-state index is -0.972. The van der Waals surface area contributed by atoms with Gasteiger partial charge in [0, 0.05) is 12.1 Å². The number of aromatic hydroxyl groups is 1. The summed E-state index contributed by atoms with van der Waals surface area (Å²) in [4.78, 5) is 23.1. The van der Waals surface area contributed by atoms with Gasteiger partial charge in [0.05, 0.1) is 5.41 Å². The van der Waals surface area contributed by atoms with E-state index in [-0.39, 0.29) is 18.2 Å². The SMILES string of the molecule is CCC(C)(CNC(=O)c1ccc(O)cc1C)C(=O)O. The number of rotatable bonds is 5. The molecular formula is C14H19NO4. The molecular weight excluding hydrogens is 246 g/mol. The molecule has 5 nitrogen and oxygen atoms in total. The van der Waals surface area contributed by atoms with Gasteiger partial charge in [0.25, 0.3) is 5.91 Å². The van der Waals surface area contributed by atoms with Crippen LogP contribution < -0.4 is 5.32 Å². The molecule has 1 atom stereocenters. The van der Waals surface area contributed by atoms with E-state index in [1.165, 1.54) is 18.2 Å². The van der Waals surface area contributed by atoms with Gasteiger partial charge in [0.15, 0.2) is 0 Å². The number of aliphatic carboxylic acids is 1. The van der Waals surface area contributed by atoms with Gasteiger partial charge >= 0.3 is 5.97 Å². The van der Waals surface area contributed by atoms with Gasteiger partial charge in [-0.1, -0.05) is 6.92 Å². The number of aryl methyl sites for hydroxylation is 1. The number of nitrogens with one attached hydrogen (secondary N) is 1. The zero-order valence-corrected chi connectivity index (χ0v) is 11.4. The third-order valence-electron chi connectivity index (χ3n) is 3.39. The minimum Gasteiger partial charge on any atom is -0.508 e. The molecule has 0 fully saturated rings. The Morgan fingerprint density at radius 1 is 1.37 bits per heavy atom. The summed E-state index contributed by atoms with van der Waals surface area (Å²) < 4.78 is 0. The van der Waals surface area contributed by atoms with Gasteiger partial charge in [-0.15, -0.1) is 0 Å². The van der Waals surface area contributed by atoms with Crippen LogP contribution in [0.3, 0.4) is 0 Å². The van der Waals surface area contributed by atoms with E-state index in [9.17, 15) is 14.7 Å². The molecule has 0 radical (unpaired) electrons. The lowest BCUT2D eigenvalue weighted by Crippen LogP contribution is -2.40. The summed E-state index contributed by atoms with van der Waals surface area (Å²) in [6.07, 6.45) is 0.428. The molecule has 0 bridgehead atoms. The molecule has 1 amide bonds. The molecule has 1 unspecified atom stereocenters. The molecule has 0 aliphatic carbocycles. The van der Waals surface area contributed by atoms with Gasteiger partial charge in [-0.25, -0.2) is 0 Å². The van der Waals surface area contributed by atoms with Crippen LogP contribution in [0.25, 0.3) is 0 Å². The third kappa shape index (κ3) is 3.47. The number of carbonyl (C=O) groups is 2. The quantitative estimate of drug-likeness (QED) is 0.759. The first kappa shape index (κ1) is 15.0. The summed E-state index contributed by atoms with van der Waals surface area (Å²) in [6, 6.07) is 4.44. The first-order chi connectivity index (χ1) is 8.80. The largest absolute Gasteiger partial charge is 0.508 e. The standard InChI is InChI=1S/C14H19NO4/c1-4-14(3,13(18)19)8-15-12(17)11-6-5-10(16)7-9(11)2/h5-7,16H,4,8H2,1-3H3,(H,15,17)(H,18,19). The van der Waals surface area contributed by atoms with Gasteiger partial charge in [-0.2, -0.15) is 0 Å². The molecule has 0 aliphatic heterocycles. The molecule has 1 rings (SSSR count). The summed E-state index contributed by atoms with van der Waals surface area (Å²) in [5, 5.41) is 21.0. The van der Waals surface area contributed by atoms with E-state index in [2.05, 4.69) is 5.32 Å². The smallest absolute Gasteiger partial charge is 0.311 e. The van der Waals surface area contributed by atoms with Crippen molar-refractivity contribution in [2.75, 3.05) is 6.54 Å². The molecule has 104 valence electrons. The second-order valence-electron chi connectivity index (χ2n) is 4.90. The maximum absolute atomic E-state index is 12.0. The van der Waals surface area contributed by atoms with E-state index < -0.39 is 11.4 Å². The molecule has 0 spiro atoms. The van der Waals surface area contributed by atoms with Crippen molar-refractivity contribution in [3.05, 3.63) is 29.3 Å². The number of phenolic OH excluding ortho intramolecular Hbond substituents is 1. The Bertz CT molecular complexity index is 498. The monoisotopic (exact) mass is 265 g/mol. The number of benzene rings is 1. The van der Waals surface area contributed by atoms with E-state index >= 15 is 0 Å². The first-order valence-electron chi connectivity index (χ1n) is 6.11. The maximum atomic E-state index is 12.0. The average molecular weight is 265 g/mol. The van der Waals surface area contributed by atoms with Crippen LogP contribution in [-0.4, -0.2) is 28.6 Å². The van der Waals surface area contributed by atoms with Gasteiger partial charge in [-0.3, -0.25) is 9.59 Å². The molecule has 0 aliphatic rings. The van der Waals surface area contributed by atoms with Crippen molar-refractivity contribution >= 4 is 11.9 Å². The number of hydrogen-bond acceptors (Lipinski definition) is 3. The van der Waals surface area contributed by atoms with Crippen LogP contribution >= 0.6 is 0 Å². The van der Waals surface area contributed by atoms with Crippen molar-refractivity contribution in [1.82, 2.24) is 5.32 Å². The van der Waals surface area contributed by atoms with Gasteiger partial charge in [0.2, 0.25) is 0 Å². The fourth-order valence-electron chi connectivity index (χ4n) is 1.63. The van der Waals surface area contributed by atoms with Crippen LogP contribution in [0.5, 0.6) is 5.75 Å². The number of carboxylic acids is 1. The highest BCUT2D eigenvalue weighted by atomic mass is 16.4. The fraction of sp³-hybridized carbons (Fsp3) is 0.429. The van der Waals surface area contributed by atoms with Crippen molar-refractivity contribution in [1.29, 1.82) is 0 Å². The fourth-order valence-corrected chi connectivity index (χ4v) is 1.63. The molecule has 5 heteroatoms. The van der Waals surface area contributed by atoms with Crippen molar-refractivity contribution in [2.45, 2.75) is 27.2 Å². The molecule has 0 aromatic heterocycles. The zero-order valence-electron chi connectivity index (χ0n) is 11.4. The van der Waals surface area contributed by atoms with Crippen molar-refractivity contribution in [3.63, 3.8) is 0 Å². The van der Waals surface area contributed by atoms with E-state index in [4.69, 9.17) is 5.11 Å². The highest BCUT2D eigenvalue weighted by molar-refractivity contribution is 5.96. The molecule has 1 aromatic carbocycles. The highest BCUT2D eigenvalue weighted by Gasteiger charge is 2.31. The van der Waals surface area contributed by atoms with Crippen LogP contribution in [0.2, 0.25) is 0 Å². The van der Waals surface area contributed by atoms with Gasteiger partial charge in [-0.05, 0) is 44.0 Å². The normalized spacial score (nSPS) is 13.6. The molecule has 0 saturated heterocycles. The number of carboxylic acid groups (broad SMARTS) is 1. The molecule has 0 saturated carbocycles. The van der Waals surface area contributed by atoms with Crippen LogP contribution in [-0.2, 0) is 4.79 Å². The summed E-state index contributed by atoms with van der Waals surface area (Å²) in [6.45, 7) is 5.15. The predicted molar refractivity (Wildman–Crippen MR) is 71.2 cm³/mol. The number of phenols is 1. The molecule has 3 N–H and O–H groups in total. The van der Waals surface area contributed by atoms with Crippen LogP contribution in [0.15, 0.2) is 18.2 Å². The minimum absolute atomic E-state index is 0.0674. The van der Waals surface area contributed by atoms with Crippen molar-refractivity contribution in [2.24, 2.45) is 5.41 Å². The molecule has 19 heavy (non-hydrogen) atoms. The highest BCUT2D eigenvalue weighted by Crippen LogP contribution is 2.21. The lowest BCUT2D eigenvalue weighted by Gasteiger charge is -2.23. The summed E-state index contributed by atoms with van der Waals surface area (Å²) >= 11 is 0. The van der Waals surface area contributed by atoms with Crippen LogP contribution in [0.1, 0.15) is 36.2 Å². The van der Waals surface area contributed by atoms with E-state index in [1.54, 1.807) is 20.8 Å². The average Bonchev–Trinajstić information content (AvgIpc) is 2.35. The maximum Gasteiger partial charge on any atom is 0.311 e. The van der Waals surface area contributed by atoms with Crippen LogP contribution in [0, 0.1) is 12.3 Å². The lowest BCUT2D eigenvalue weighted by molar-refractivity contribution is -0.147. The summed E-state index contributed by atoms with van der Waals surface area (Å²) in [5.41, 5.74) is 0.105. The summed E-state index contributed by atoms with van der Waals surface area (Å²) in [7, 11) is 0. The Kier molecular flexibility index (Phi) is 4.53. The van der Waals surface area contributed by atoms with Crippen molar-refractivity contribution in [3.8, 4) is 5.75 Å². The molecule has 0 heterocycles. The molecule has 1 aromatic rings. The van der Waals surface area contributed by atoms with Gasteiger partial charge < -0.3 is 15.5 Å². The lowest BCUT2D eigenvalue weighted by atomic mass is 9.87. The topological polar surface area (TPSA) is 86.6 Å². The Labute approximate surface area is 112 Å². The Morgan fingerprint density at radius 3 is 2.47 bits per heavy atom. The Hall–Kier alpha value is -2.04. The van der Waals surface area contributed by atoms with Gasteiger partial charge in [0.1, 0.15) is 5.75 Å². The van der Waals surface area contributed by atoms with E-state index in [0.717, 1.165) is 0 Å². The number of carbonyl (C=O) groups excluding carboxylic acids is 1. The predicted octanol–water partition coefficient (Wildman–Crippen LogP) is 1.93. The van der Waals surface area contributed by atoms with Crippen LogP contribution in [0.4, 0.5) is 0 Å². The second kappa shape index (κ2) is 5.73. The van der Waals surface area contributed by atoms with Crippen molar-refractivity contribution < 1.29 is 19.8 Å². The van der Waals surface area contributed by atoms with E-state index in [1.807, 2.05) is 0 Å². The zero-order chi connectivity index (χ0) is 14.6. The first-order valence-corrected chi connectivity index (χ1v) is 6.11. The Morgan fingerprint density at radius 2 is 2.00 bits per heavy atom. The second-order valence-corrected chi connectivity index (χ2v) is 4.90.